The predicted octanol–water partition coefficient (Wildman–Crippen LogP) is -1.07. The van der Waals surface area contributed by atoms with Crippen LogP contribution in [0.1, 0.15) is 0 Å². The fourth-order valence-corrected chi connectivity index (χ4v) is 0.336. The number of methoxy groups -OCH3 is 1. The van der Waals surface area contributed by atoms with Crippen LogP contribution in [0.4, 0.5) is 0 Å². The first-order valence-electron chi connectivity index (χ1n) is 2.74. The molecule has 1 unspecified atom stereocenters. The van der Waals surface area contributed by atoms with E-state index in [4.69, 9.17) is 15.6 Å². The first-order valence-corrected chi connectivity index (χ1v) is 2.74. The average Bonchev–Trinajstić information content (AvgIpc) is 1.89. The molecular weight excluding hydrogens is 122 g/mol. The van der Waals surface area contributed by atoms with Crippen LogP contribution in [0.15, 0.2) is 0 Å². The molecule has 0 aromatic heterocycles. The summed E-state index contributed by atoms with van der Waals surface area (Å²) in [5, 5.41) is 8.39. The van der Waals surface area contributed by atoms with Gasteiger partial charge in [0.25, 0.3) is 0 Å². The fourth-order valence-electron chi connectivity index (χ4n) is 0.336. The van der Waals surface area contributed by atoms with Crippen LogP contribution in [-0.4, -0.2) is 38.3 Å². The van der Waals surface area contributed by atoms with Gasteiger partial charge in [-0.05, 0) is 0 Å². The van der Waals surface area contributed by atoms with Gasteiger partial charge in [0.1, 0.15) is 6.79 Å². The van der Waals surface area contributed by atoms with Crippen molar-refractivity contribution in [2.45, 2.75) is 6.04 Å². The van der Waals surface area contributed by atoms with Gasteiger partial charge in [-0.1, -0.05) is 0 Å². The van der Waals surface area contributed by atoms with Crippen molar-refractivity contribution >= 4 is 0 Å². The minimum absolute atomic E-state index is 0.0519. The van der Waals surface area contributed by atoms with Crippen LogP contribution in [-0.2, 0) is 9.47 Å². The molecule has 56 valence electrons. The fraction of sp³-hybridized carbons (Fsp3) is 1.00. The lowest BCUT2D eigenvalue weighted by Gasteiger charge is -2.06. The summed E-state index contributed by atoms with van der Waals surface area (Å²) in [6, 6.07) is -0.292. The Kier molecular flexibility index (Phi) is 5.86. The van der Waals surface area contributed by atoms with Crippen LogP contribution in [0, 0.1) is 0 Å². The second kappa shape index (κ2) is 5.97. The average molecular weight is 135 g/mol. The molecule has 4 heteroatoms. The molecule has 0 amide bonds. The second-order valence-electron chi connectivity index (χ2n) is 1.72. The van der Waals surface area contributed by atoms with Crippen molar-refractivity contribution in [1.29, 1.82) is 0 Å². The highest BCUT2D eigenvalue weighted by Crippen LogP contribution is 1.79. The third kappa shape index (κ3) is 5.72. The summed E-state index contributed by atoms with van der Waals surface area (Å²) in [7, 11) is 1.53. The van der Waals surface area contributed by atoms with Gasteiger partial charge in [0.05, 0.1) is 19.3 Å². The topological polar surface area (TPSA) is 64.7 Å². The Bertz CT molecular complexity index is 60.2. The van der Waals surface area contributed by atoms with Crippen molar-refractivity contribution in [3.05, 3.63) is 0 Å². The summed E-state index contributed by atoms with van der Waals surface area (Å²) in [5.74, 6) is 0. The molecule has 0 spiro atoms. The van der Waals surface area contributed by atoms with E-state index in [0.717, 1.165) is 0 Å². The minimum atomic E-state index is -0.292. The first kappa shape index (κ1) is 8.84. The molecule has 0 aliphatic carbocycles. The van der Waals surface area contributed by atoms with Crippen molar-refractivity contribution in [3.63, 3.8) is 0 Å². The predicted molar refractivity (Wildman–Crippen MR) is 32.9 cm³/mol. The number of ether oxygens (including phenoxy) is 2. The second-order valence-corrected chi connectivity index (χ2v) is 1.72. The van der Waals surface area contributed by atoms with Crippen molar-refractivity contribution in [3.8, 4) is 0 Å². The molecule has 0 bridgehead atoms. The van der Waals surface area contributed by atoms with Gasteiger partial charge in [-0.3, -0.25) is 0 Å². The molecule has 9 heavy (non-hydrogen) atoms. The van der Waals surface area contributed by atoms with E-state index in [1.54, 1.807) is 0 Å². The SMILES string of the molecule is COCOCC(N)CO. The van der Waals surface area contributed by atoms with Crippen LogP contribution < -0.4 is 5.73 Å². The third-order valence-corrected chi connectivity index (χ3v) is 0.768. The number of aliphatic hydroxyl groups excluding tert-OH is 1. The molecule has 0 aliphatic rings. The Morgan fingerprint density at radius 1 is 1.67 bits per heavy atom. The Morgan fingerprint density at radius 3 is 2.78 bits per heavy atom. The summed E-state index contributed by atoms with van der Waals surface area (Å²) in [6.45, 7) is 0.516. The molecule has 0 saturated carbocycles. The summed E-state index contributed by atoms with van der Waals surface area (Å²) in [6.07, 6.45) is 0. The van der Waals surface area contributed by atoms with Gasteiger partial charge < -0.3 is 20.3 Å². The molecular formula is C5H13NO3. The van der Waals surface area contributed by atoms with Gasteiger partial charge in [0.2, 0.25) is 0 Å². The van der Waals surface area contributed by atoms with Gasteiger partial charge in [0.15, 0.2) is 0 Å². The van der Waals surface area contributed by atoms with E-state index in [1.807, 2.05) is 0 Å². The van der Waals surface area contributed by atoms with E-state index >= 15 is 0 Å². The molecule has 4 nitrogen and oxygen atoms in total. The van der Waals surface area contributed by atoms with Crippen LogP contribution in [0.25, 0.3) is 0 Å². The maximum absolute atomic E-state index is 8.39. The Hall–Kier alpha value is -0.160. The highest BCUT2D eigenvalue weighted by Gasteiger charge is 1.97. The largest absolute Gasteiger partial charge is 0.395 e. The Balaban J connectivity index is 2.88. The highest BCUT2D eigenvalue weighted by atomic mass is 16.7. The molecule has 3 N–H and O–H groups in total. The summed E-state index contributed by atoms with van der Waals surface area (Å²) in [5.41, 5.74) is 5.28. The molecule has 0 rings (SSSR count). The molecule has 0 aromatic rings. The smallest absolute Gasteiger partial charge is 0.146 e. The zero-order chi connectivity index (χ0) is 7.11. The van der Waals surface area contributed by atoms with E-state index < -0.39 is 0 Å². The van der Waals surface area contributed by atoms with Crippen LogP contribution in [0.3, 0.4) is 0 Å². The molecule has 0 fully saturated rings. The zero-order valence-corrected chi connectivity index (χ0v) is 5.54. The van der Waals surface area contributed by atoms with Gasteiger partial charge >= 0.3 is 0 Å². The molecule has 0 aliphatic heterocycles. The van der Waals surface area contributed by atoms with Gasteiger partial charge in [-0.15, -0.1) is 0 Å². The summed E-state index contributed by atoms with van der Waals surface area (Å²) < 4.78 is 9.41. The number of aliphatic hydroxyl groups is 1. The minimum Gasteiger partial charge on any atom is -0.395 e. The molecule has 1 atom stereocenters. The standard InChI is InChI=1S/C5H13NO3/c1-8-4-9-3-5(6)2-7/h5,7H,2-4,6H2,1H3. The Morgan fingerprint density at radius 2 is 2.33 bits per heavy atom. The molecule has 0 aromatic carbocycles. The molecule has 0 heterocycles. The maximum atomic E-state index is 8.39. The third-order valence-electron chi connectivity index (χ3n) is 0.768. The molecule has 0 radical (unpaired) electrons. The van der Waals surface area contributed by atoms with Crippen molar-refractivity contribution in [1.82, 2.24) is 0 Å². The van der Waals surface area contributed by atoms with Gasteiger partial charge in [0, 0.05) is 7.11 Å². The van der Waals surface area contributed by atoms with E-state index in [2.05, 4.69) is 4.74 Å². The molecule has 0 saturated heterocycles. The number of hydrogen-bond donors (Lipinski definition) is 2. The van der Waals surface area contributed by atoms with Crippen LogP contribution in [0.5, 0.6) is 0 Å². The number of rotatable bonds is 5. The normalized spacial score (nSPS) is 13.7. The number of hydrogen-bond acceptors (Lipinski definition) is 4. The quantitative estimate of drug-likeness (QED) is 0.372. The van der Waals surface area contributed by atoms with Gasteiger partial charge in [-0.2, -0.15) is 0 Å². The summed E-state index contributed by atoms with van der Waals surface area (Å²) >= 11 is 0. The monoisotopic (exact) mass is 135 g/mol. The van der Waals surface area contributed by atoms with E-state index in [1.165, 1.54) is 7.11 Å². The maximum Gasteiger partial charge on any atom is 0.146 e. The van der Waals surface area contributed by atoms with Crippen LogP contribution in [0.2, 0.25) is 0 Å². The van der Waals surface area contributed by atoms with Crippen molar-refractivity contribution < 1.29 is 14.6 Å². The number of nitrogens with two attached hydrogens (primary N) is 1. The lowest BCUT2D eigenvalue weighted by Crippen LogP contribution is -2.30. The lowest BCUT2D eigenvalue weighted by atomic mass is 10.4. The van der Waals surface area contributed by atoms with E-state index in [-0.39, 0.29) is 19.4 Å². The van der Waals surface area contributed by atoms with E-state index in [0.29, 0.717) is 6.61 Å². The summed E-state index contributed by atoms with van der Waals surface area (Å²) in [4.78, 5) is 0. The lowest BCUT2D eigenvalue weighted by molar-refractivity contribution is -0.0386. The highest BCUT2D eigenvalue weighted by molar-refractivity contribution is 4.54. The zero-order valence-electron chi connectivity index (χ0n) is 5.54. The Labute approximate surface area is 54.6 Å². The van der Waals surface area contributed by atoms with Crippen molar-refractivity contribution in [2.75, 3.05) is 27.1 Å². The van der Waals surface area contributed by atoms with Gasteiger partial charge in [-0.25, -0.2) is 0 Å². The van der Waals surface area contributed by atoms with E-state index in [9.17, 15) is 0 Å². The van der Waals surface area contributed by atoms with Crippen LogP contribution >= 0.6 is 0 Å². The first-order chi connectivity index (χ1) is 4.31. The van der Waals surface area contributed by atoms with Crippen molar-refractivity contribution in [2.24, 2.45) is 5.73 Å².